The van der Waals surface area contributed by atoms with Gasteiger partial charge in [0, 0.05) is 15.8 Å². The summed E-state index contributed by atoms with van der Waals surface area (Å²) in [6.45, 7) is 2.59. The molecule has 0 saturated carbocycles. The molecule has 2 aromatic carbocycles. The van der Waals surface area contributed by atoms with Crippen LogP contribution >= 0.6 is 34.7 Å². The number of hydrogen-bond acceptors (Lipinski definition) is 4. The third-order valence-electron chi connectivity index (χ3n) is 4.82. The van der Waals surface area contributed by atoms with Gasteiger partial charge < -0.3 is 0 Å². The van der Waals surface area contributed by atoms with Gasteiger partial charge in [0.1, 0.15) is 0 Å². The Kier molecular flexibility index (Phi) is 6.77. The van der Waals surface area contributed by atoms with Crippen LogP contribution in [0.3, 0.4) is 0 Å². The Hall–Kier alpha value is -2.28. The number of nitrogens with one attached hydrogen (secondary N) is 1. The summed E-state index contributed by atoms with van der Waals surface area (Å²) in [5, 5.41) is 12.7. The maximum atomic E-state index is 12.8. The van der Waals surface area contributed by atoms with E-state index in [2.05, 4.69) is 34.7 Å². The lowest BCUT2D eigenvalue weighted by atomic mass is 9.95. The van der Waals surface area contributed by atoms with Crippen molar-refractivity contribution in [3.05, 3.63) is 82.2 Å². The van der Waals surface area contributed by atoms with E-state index in [1.54, 1.807) is 5.01 Å². The third kappa shape index (κ3) is 5.25. The summed E-state index contributed by atoms with van der Waals surface area (Å²) in [7, 11) is 0. The molecule has 1 atom stereocenters. The second-order valence-corrected chi connectivity index (χ2v) is 9.66. The summed E-state index contributed by atoms with van der Waals surface area (Å²) in [5.74, 6) is 1.14. The van der Waals surface area contributed by atoms with Crippen LogP contribution in [0.1, 0.15) is 17.5 Å². The molecule has 7 heteroatoms. The van der Waals surface area contributed by atoms with Gasteiger partial charge in [-0.25, -0.2) is 9.80 Å². The van der Waals surface area contributed by atoms with Crippen LogP contribution in [0, 0.1) is 12.8 Å². The molecular formula is C23H22ClN3OS2. The second kappa shape index (κ2) is 9.69. The van der Waals surface area contributed by atoms with Crippen LogP contribution in [0.2, 0.25) is 5.02 Å². The Morgan fingerprint density at radius 3 is 2.70 bits per heavy atom. The Morgan fingerprint density at radius 2 is 2.00 bits per heavy atom. The zero-order chi connectivity index (χ0) is 20.9. The van der Waals surface area contributed by atoms with E-state index in [1.807, 2.05) is 60.5 Å². The molecule has 1 N–H and O–H groups in total. The minimum Gasteiger partial charge on any atom is -0.298 e. The fraction of sp³-hybridized carbons (Fsp3) is 0.217. The number of urea groups is 1. The summed E-state index contributed by atoms with van der Waals surface area (Å²) in [6, 6.07) is 19.8. The van der Waals surface area contributed by atoms with Crippen LogP contribution in [0.25, 0.3) is 0 Å². The SMILES string of the molecule is Cc1csc(NC(=O)N2CC(CCSc3ccccc3)C(c3ccc(Cl)cc3)=N2)c1. The number of nitrogens with zero attached hydrogens (tertiary/aromatic N) is 2. The first kappa shape index (κ1) is 21.0. The zero-order valence-electron chi connectivity index (χ0n) is 16.5. The number of carbonyl (C=O) groups excluding carboxylic acids is 1. The molecular weight excluding hydrogens is 434 g/mol. The number of benzene rings is 2. The number of anilines is 1. The van der Waals surface area contributed by atoms with Gasteiger partial charge in [-0.05, 0) is 65.9 Å². The molecule has 1 aliphatic heterocycles. The normalized spacial score (nSPS) is 15.9. The number of amides is 2. The average Bonchev–Trinajstić information content (AvgIpc) is 3.36. The molecule has 0 spiro atoms. The Balaban J connectivity index is 1.47. The molecule has 0 saturated heterocycles. The van der Waals surface area contributed by atoms with Crippen molar-refractivity contribution in [1.29, 1.82) is 0 Å². The number of hydrogen-bond donors (Lipinski definition) is 1. The highest BCUT2D eigenvalue weighted by Crippen LogP contribution is 2.28. The summed E-state index contributed by atoms with van der Waals surface area (Å²) >= 11 is 9.41. The van der Waals surface area contributed by atoms with E-state index in [1.165, 1.54) is 16.2 Å². The van der Waals surface area contributed by atoms with Gasteiger partial charge in [0.2, 0.25) is 0 Å². The van der Waals surface area contributed by atoms with Crippen molar-refractivity contribution in [1.82, 2.24) is 5.01 Å². The van der Waals surface area contributed by atoms with Gasteiger partial charge in [-0.15, -0.1) is 23.1 Å². The predicted molar refractivity (Wildman–Crippen MR) is 128 cm³/mol. The van der Waals surface area contributed by atoms with Crippen LogP contribution in [0.5, 0.6) is 0 Å². The van der Waals surface area contributed by atoms with E-state index < -0.39 is 0 Å². The maximum absolute atomic E-state index is 12.8. The van der Waals surface area contributed by atoms with Crippen molar-refractivity contribution in [3.8, 4) is 0 Å². The fourth-order valence-electron chi connectivity index (χ4n) is 3.32. The number of thiophene rings is 1. The standard InChI is InChI=1S/C23H22ClN3OS2/c1-16-13-21(30-15-16)25-23(28)27-14-18(11-12-29-20-5-3-2-4-6-20)22(26-27)17-7-9-19(24)10-8-17/h2-10,13,15,18H,11-12,14H2,1H3,(H,25,28). The van der Waals surface area contributed by atoms with Gasteiger partial charge >= 0.3 is 6.03 Å². The summed E-state index contributed by atoms with van der Waals surface area (Å²) in [4.78, 5) is 14.0. The van der Waals surface area contributed by atoms with E-state index >= 15 is 0 Å². The number of hydrazone groups is 1. The molecule has 2 amide bonds. The molecule has 0 fully saturated rings. The lowest BCUT2D eigenvalue weighted by molar-refractivity contribution is 0.215. The molecule has 0 aliphatic carbocycles. The Bertz CT molecular complexity index is 1030. The van der Waals surface area contributed by atoms with Crippen molar-refractivity contribution in [2.75, 3.05) is 17.6 Å². The quantitative estimate of drug-likeness (QED) is 0.417. The smallest absolute Gasteiger partial charge is 0.298 e. The molecule has 2 heterocycles. The molecule has 1 unspecified atom stereocenters. The molecule has 1 aliphatic rings. The molecule has 0 radical (unpaired) electrons. The zero-order valence-corrected chi connectivity index (χ0v) is 18.9. The number of carbonyl (C=O) groups is 1. The molecule has 0 bridgehead atoms. The first-order valence-electron chi connectivity index (χ1n) is 9.74. The molecule has 4 rings (SSSR count). The van der Waals surface area contributed by atoms with Crippen LogP contribution in [0.15, 0.2) is 76.0 Å². The van der Waals surface area contributed by atoms with Gasteiger partial charge in [-0.3, -0.25) is 5.32 Å². The Morgan fingerprint density at radius 1 is 1.23 bits per heavy atom. The largest absolute Gasteiger partial charge is 0.342 e. The van der Waals surface area contributed by atoms with E-state index in [0.29, 0.717) is 11.6 Å². The number of rotatable bonds is 6. The molecule has 1 aromatic heterocycles. The van der Waals surface area contributed by atoms with Crippen LogP contribution in [-0.4, -0.2) is 29.0 Å². The topological polar surface area (TPSA) is 44.7 Å². The van der Waals surface area contributed by atoms with Crippen LogP contribution in [0.4, 0.5) is 9.80 Å². The van der Waals surface area contributed by atoms with Crippen molar-refractivity contribution < 1.29 is 4.79 Å². The van der Waals surface area contributed by atoms with Gasteiger partial charge in [-0.1, -0.05) is 41.9 Å². The minimum atomic E-state index is -0.193. The van der Waals surface area contributed by atoms with E-state index in [0.717, 1.165) is 34.0 Å². The van der Waals surface area contributed by atoms with Crippen molar-refractivity contribution in [2.45, 2.75) is 18.2 Å². The van der Waals surface area contributed by atoms with Crippen molar-refractivity contribution in [2.24, 2.45) is 11.0 Å². The lowest BCUT2D eigenvalue weighted by Crippen LogP contribution is -2.30. The first-order valence-corrected chi connectivity index (χ1v) is 12.0. The highest BCUT2D eigenvalue weighted by atomic mass is 35.5. The molecule has 154 valence electrons. The van der Waals surface area contributed by atoms with Gasteiger partial charge in [0.25, 0.3) is 0 Å². The van der Waals surface area contributed by atoms with Crippen LogP contribution in [-0.2, 0) is 0 Å². The number of halogens is 1. The monoisotopic (exact) mass is 455 g/mol. The lowest BCUT2D eigenvalue weighted by Gasteiger charge is -2.15. The van der Waals surface area contributed by atoms with E-state index in [-0.39, 0.29) is 11.9 Å². The highest BCUT2D eigenvalue weighted by molar-refractivity contribution is 7.99. The van der Waals surface area contributed by atoms with E-state index in [4.69, 9.17) is 11.6 Å². The average molecular weight is 456 g/mol. The predicted octanol–water partition coefficient (Wildman–Crippen LogP) is 6.76. The van der Waals surface area contributed by atoms with Crippen molar-refractivity contribution >= 4 is 51.4 Å². The minimum absolute atomic E-state index is 0.179. The second-order valence-electron chi connectivity index (χ2n) is 7.14. The maximum Gasteiger partial charge on any atom is 0.342 e. The van der Waals surface area contributed by atoms with Gasteiger partial charge in [-0.2, -0.15) is 5.10 Å². The summed E-state index contributed by atoms with van der Waals surface area (Å²) in [5.41, 5.74) is 3.09. The first-order chi connectivity index (χ1) is 14.6. The van der Waals surface area contributed by atoms with Gasteiger partial charge in [0.05, 0.1) is 17.3 Å². The van der Waals surface area contributed by atoms with E-state index in [9.17, 15) is 4.79 Å². The Labute approximate surface area is 189 Å². The van der Waals surface area contributed by atoms with Crippen LogP contribution < -0.4 is 5.32 Å². The highest BCUT2D eigenvalue weighted by Gasteiger charge is 2.31. The molecule has 3 aromatic rings. The number of thioether (sulfide) groups is 1. The fourth-order valence-corrected chi connectivity index (χ4v) is 5.22. The van der Waals surface area contributed by atoms with Gasteiger partial charge in [0.15, 0.2) is 0 Å². The van der Waals surface area contributed by atoms with Crippen molar-refractivity contribution in [3.63, 3.8) is 0 Å². The number of aryl methyl sites for hydroxylation is 1. The summed E-state index contributed by atoms with van der Waals surface area (Å²) < 4.78 is 0. The molecule has 4 nitrogen and oxygen atoms in total. The molecule has 30 heavy (non-hydrogen) atoms. The third-order valence-corrected chi connectivity index (χ3v) is 7.08. The summed E-state index contributed by atoms with van der Waals surface area (Å²) in [6.07, 6.45) is 0.933.